The number of H-pyrrole nitrogens is 2. The molecule has 0 bridgehead atoms. The molecule has 3 aromatic rings. The summed E-state index contributed by atoms with van der Waals surface area (Å²) in [5, 5.41) is 14.1. The Morgan fingerprint density at radius 1 is 1.15 bits per heavy atom. The lowest BCUT2D eigenvalue weighted by Gasteiger charge is -2.15. The number of hydrogen-bond donors (Lipinski definition) is 2. The molecule has 2 heterocycles. The number of nitrogens with one attached hydrogen (secondary N) is 2. The third kappa shape index (κ3) is 4.11. The normalized spacial score (nSPS) is 10.7. The number of methoxy groups -OCH3 is 1. The second-order valence-corrected chi connectivity index (χ2v) is 6.29. The molecule has 1 amide bonds. The molecule has 1 aromatic carbocycles. The number of aromatic amines is 2. The number of para-hydroxylation sites is 2. The molecule has 142 valence electrons. The van der Waals surface area contributed by atoms with E-state index in [0.29, 0.717) is 29.4 Å². The van der Waals surface area contributed by atoms with Crippen LogP contribution in [0.4, 0.5) is 0 Å². The molecule has 2 N–H and O–H groups in total. The molecule has 8 heteroatoms. The van der Waals surface area contributed by atoms with Gasteiger partial charge in [-0.15, -0.1) is 0 Å². The number of nitrogens with zero attached hydrogens (tertiary/aromatic N) is 3. The van der Waals surface area contributed by atoms with Crippen molar-refractivity contribution in [1.82, 2.24) is 25.3 Å². The lowest BCUT2D eigenvalue weighted by atomic mass is 10.2. The zero-order chi connectivity index (χ0) is 19.4. The summed E-state index contributed by atoms with van der Waals surface area (Å²) in [7, 11) is 3.34. The Morgan fingerprint density at radius 3 is 2.56 bits per heavy atom. The first-order valence-corrected chi connectivity index (χ1v) is 8.55. The highest BCUT2D eigenvalue weighted by Gasteiger charge is 2.18. The van der Waals surface area contributed by atoms with Crippen molar-refractivity contribution in [2.45, 2.75) is 27.0 Å². The predicted molar refractivity (Wildman–Crippen MR) is 99.8 cm³/mol. The number of carbonyl (C=O) groups excluding carboxylic acids is 1. The number of carbonyl (C=O) groups is 1. The van der Waals surface area contributed by atoms with Crippen LogP contribution in [0.2, 0.25) is 0 Å². The van der Waals surface area contributed by atoms with Crippen molar-refractivity contribution in [3.05, 3.63) is 58.7 Å². The van der Waals surface area contributed by atoms with Gasteiger partial charge in [0, 0.05) is 24.8 Å². The summed E-state index contributed by atoms with van der Waals surface area (Å²) in [5.74, 6) is 1.11. The summed E-state index contributed by atoms with van der Waals surface area (Å²) >= 11 is 0. The average Bonchev–Trinajstić information content (AvgIpc) is 3.28. The van der Waals surface area contributed by atoms with Gasteiger partial charge in [-0.2, -0.15) is 10.2 Å². The molecule has 0 aliphatic rings. The van der Waals surface area contributed by atoms with Crippen molar-refractivity contribution >= 4 is 5.91 Å². The van der Waals surface area contributed by atoms with E-state index >= 15 is 0 Å². The number of hydrogen-bond acceptors (Lipinski definition) is 5. The second-order valence-electron chi connectivity index (χ2n) is 6.29. The SMILES string of the molecule is COc1ccccc1OCc1cc(C(=O)N(C)Cc2c(C)n[nH]c2C)n[nH]1. The molecule has 8 nitrogen and oxygen atoms in total. The summed E-state index contributed by atoms with van der Waals surface area (Å²) in [5.41, 5.74) is 3.91. The lowest BCUT2D eigenvalue weighted by Crippen LogP contribution is -2.27. The van der Waals surface area contributed by atoms with Crippen molar-refractivity contribution in [3.63, 3.8) is 0 Å². The highest BCUT2D eigenvalue weighted by atomic mass is 16.5. The van der Waals surface area contributed by atoms with Gasteiger partial charge in [0.05, 0.1) is 18.5 Å². The van der Waals surface area contributed by atoms with E-state index in [1.165, 1.54) is 0 Å². The molecular formula is C19H23N5O3. The molecule has 0 spiro atoms. The summed E-state index contributed by atoms with van der Waals surface area (Å²) in [6.07, 6.45) is 0. The third-order valence-electron chi connectivity index (χ3n) is 4.32. The molecule has 0 atom stereocenters. The quantitative estimate of drug-likeness (QED) is 0.667. The Morgan fingerprint density at radius 2 is 1.89 bits per heavy atom. The number of benzene rings is 1. The Kier molecular flexibility index (Phi) is 5.44. The summed E-state index contributed by atoms with van der Waals surface area (Å²) in [6.45, 7) is 4.58. The van der Waals surface area contributed by atoms with E-state index in [4.69, 9.17) is 9.47 Å². The number of aromatic nitrogens is 4. The van der Waals surface area contributed by atoms with Gasteiger partial charge in [-0.05, 0) is 32.0 Å². The van der Waals surface area contributed by atoms with E-state index in [1.807, 2.05) is 38.1 Å². The van der Waals surface area contributed by atoms with E-state index in [0.717, 1.165) is 17.0 Å². The fourth-order valence-electron chi connectivity index (χ4n) is 2.75. The molecule has 0 saturated carbocycles. The highest BCUT2D eigenvalue weighted by Crippen LogP contribution is 2.26. The molecular weight excluding hydrogens is 346 g/mol. The van der Waals surface area contributed by atoms with E-state index in [2.05, 4.69) is 20.4 Å². The summed E-state index contributed by atoms with van der Waals surface area (Å²) in [4.78, 5) is 14.3. The Hall–Kier alpha value is -3.29. The lowest BCUT2D eigenvalue weighted by molar-refractivity contribution is 0.0779. The number of aryl methyl sites for hydroxylation is 2. The Labute approximate surface area is 157 Å². The van der Waals surface area contributed by atoms with Crippen LogP contribution in [0.25, 0.3) is 0 Å². The van der Waals surface area contributed by atoms with Gasteiger partial charge in [0.25, 0.3) is 5.91 Å². The van der Waals surface area contributed by atoms with E-state index in [9.17, 15) is 4.79 Å². The molecule has 0 aliphatic heterocycles. The minimum Gasteiger partial charge on any atom is -0.493 e. The largest absolute Gasteiger partial charge is 0.493 e. The molecule has 3 rings (SSSR count). The maximum absolute atomic E-state index is 12.6. The first-order valence-electron chi connectivity index (χ1n) is 8.55. The minimum atomic E-state index is -0.171. The zero-order valence-electron chi connectivity index (χ0n) is 15.9. The van der Waals surface area contributed by atoms with Gasteiger partial charge in [-0.25, -0.2) is 0 Å². The van der Waals surface area contributed by atoms with Crippen LogP contribution in [0.1, 0.15) is 33.1 Å². The van der Waals surface area contributed by atoms with Gasteiger partial charge in [-0.1, -0.05) is 12.1 Å². The average molecular weight is 369 g/mol. The molecule has 0 aliphatic carbocycles. The van der Waals surface area contributed by atoms with Gasteiger partial charge >= 0.3 is 0 Å². The molecule has 0 fully saturated rings. The number of ether oxygens (including phenoxy) is 2. The van der Waals surface area contributed by atoms with Crippen LogP contribution in [-0.4, -0.2) is 45.4 Å². The molecule has 0 unspecified atom stereocenters. The van der Waals surface area contributed by atoms with Crippen molar-refractivity contribution < 1.29 is 14.3 Å². The Bertz CT molecular complexity index is 912. The molecule has 2 aromatic heterocycles. The zero-order valence-corrected chi connectivity index (χ0v) is 15.9. The number of amides is 1. The van der Waals surface area contributed by atoms with Gasteiger partial charge in [0.2, 0.25) is 0 Å². The standard InChI is InChI=1S/C19H23N5O3/c1-12-15(13(2)21-20-12)10-24(3)19(25)16-9-14(22-23-16)11-27-18-8-6-5-7-17(18)26-4/h5-9H,10-11H2,1-4H3,(H,20,21)(H,22,23). The number of rotatable bonds is 7. The highest BCUT2D eigenvalue weighted by molar-refractivity contribution is 5.92. The van der Waals surface area contributed by atoms with Crippen molar-refractivity contribution in [3.8, 4) is 11.5 Å². The predicted octanol–water partition coefficient (Wildman–Crippen LogP) is 2.61. The van der Waals surface area contributed by atoms with Crippen LogP contribution in [0.15, 0.2) is 30.3 Å². The first kappa shape index (κ1) is 18.5. The van der Waals surface area contributed by atoms with Crippen molar-refractivity contribution in [2.24, 2.45) is 0 Å². The molecule has 0 saturated heterocycles. The fourth-order valence-corrected chi connectivity index (χ4v) is 2.75. The van der Waals surface area contributed by atoms with Crippen LogP contribution in [0.5, 0.6) is 11.5 Å². The maximum atomic E-state index is 12.6. The smallest absolute Gasteiger partial charge is 0.274 e. The third-order valence-corrected chi connectivity index (χ3v) is 4.32. The minimum absolute atomic E-state index is 0.171. The van der Waals surface area contributed by atoms with Gasteiger partial charge in [0.15, 0.2) is 17.2 Å². The summed E-state index contributed by atoms with van der Waals surface area (Å²) < 4.78 is 11.0. The van der Waals surface area contributed by atoms with Crippen molar-refractivity contribution in [2.75, 3.05) is 14.2 Å². The van der Waals surface area contributed by atoms with Gasteiger partial charge in [-0.3, -0.25) is 15.0 Å². The molecule has 27 heavy (non-hydrogen) atoms. The van der Waals surface area contributed by atoms with Gasteiger partial charge in [0.1, 0.15) is 6.61 Å². The van der Waals surface area contributed by atoms with Crippen LogP contribution in [-0.2, 0) is 13.2 Å². The van der Waals surface area contributed by atoms with Crippen LogP contribution in [0, 0.1) is 13.8 Å². The van der Waals surface area contributed by atoms with E-state index < -0.39 is 0 Å². The van der Waals surface area contributed by atoms with E-state index in [1.54, 1.807) is 25.1 Å². The van der Waals surface area contributed by atoms with Crippen LogP contribution in [0.3, 0.4) is 0 Å². The van der Waals surface area contributed by atoms with Crippen molar-refractivity contribution in [1.29, 1.82) is 0 Å². The summed E-state index contributed by atoms with van der Waals surface area (Å²) in [6, 6.07) is 9.09. The van der Waals surface area contributed by atoms with Gasteiger partial charge < -0.3 is 14.4 Å². The first-order chi connectivity index (χ1) is 13.0. The fraction of sp³-hybridized carbons (Fsp3) is 0.316. The maximum Gasteiger partial charge on any atom is 0.274 e. The Balaban J connectivity index is 1.63. The monoisotopic (exact) mass is 369 g/mol. The van der Waals surface area contributed by atoms with Crippen LogP contribution >= 0.6 is 0 Å². The van der Waals surface area contributed by atoms with E-state index in [-0.39, 0.29) is 12.5 Å². The van der Waals surface area contributed by atoms with Crippen LogP contribution < -0.4 is 9.47 Å². The molecule has 0 radical (unpaired) electrons. The topological polar surface area (TPSA) is 96.1 Å². The second kappa shape index (κ2) is 7.94.